The number of phenols is 9. The second-order valence-corrected chi connectivity index (χ2v) is 18.3. The highest BCUT2D eigenvalue weighted by molar-refractivity contribution is 5.95. The molecule has 0 atom stereocenters. The summed E-state index contributed by atoms with van der Waals surface area (Å²) in [5.74, 6) is -0.602. The van der Waals surface area contributed by atoms with Crippen LogP contribution in [0, 0.1) is 6.92 Å². The molecule has 0 amide bonds. The number of aryl methyl sites for hydroxylation is 4. The molecule has 0 saturated carbocycles. The van der Waals surface area contributed by atoms with Crippen LogP contribution in [0.2, 0.25) is 0 Å². The zero-order chi connectivity index (χ0) is 54.3. The van der Waals surface area contributed by atoms with Crippen molar-refractivity contribution in [2.24, 2.45) is 0 Å². The van der Waals surface area contributed by atoms with E-state index in [1.54, 1.807) is 60.7 Å². The number of H-pyrrole nitrogens is 3. The van der Waals surface area contributed by atoms with Gasteiger partial charge in [0.05, 0.1) is 0 Å². The number of benzene rings is 6. The quantitative estimate of drug-likeness (QED) is 0.0217. The van der Waals surface area contributed by atoms with Crippen LogP contribution in [0.3, 0.4) is 0 Å². The lowest BCUT2D eigenvalue weighted by atomic mass is 10.0. The Morgan fingerprint density at radius 2 is 0.803 bits per heavy atom. The standard InChI is InChI=1S/C21H21NO3.C20H19NO5.C20H19NO4/c1-14-11-15(6-10-21(14)25)5-7-17(23)4-2-3-16-13-22-20-9-8-18(24)12-19(16)20;22-14(6-4-12-5-9-18(24)20(26)19(12)25)3-1-2-13-11-21-17-8-7-15(23)10-16(13)17;22-15(5-4-13-10-16(23)7-9-20(13)25)3-1-2-14-12-21-19-8-6-17(24)11-18(14)19/h5-13,22,24-25H,2-4H2,1H3;4-11,21,23-26H,1-3H2;4-12,21,23-25H,1-3H2/b7-5+;6-4+;5-4+. The van der Waals surface area contributed by atoms with Gasteiger partial charge in [0.2, 0.25) is 5.75 Å². The third-order valence-electron chi connectivity index (χ3n) is 12.6. The van der Waals surface area contributed by atoms with Crippen LogP contribution in [0.15, 0.2) is 140 Å². The number of rotatable bonds is 18. The van der Waals surface area contributed by atoms with Gasteiger partial charge < -0.3 is 60.9 Å². The minimum atomic E-state index is -0.609. The molecular formula is C61H59N3O12. The molecule has 0 saturated heterocycles. The summed E-state index contributed by atoms with van der Waals surface area (Å²) >= 11 is 0. The van der Waals surface area contributed by atoms with Gasteiger partial charge in [0, 0.05) is 81.7 Å². The molecule has 0 bridgehead atoms. The number of ketones is 3. The van der Waals surface area contributed by atoms with E-state index in [9.17, 15) is 60.3 Å². The summed E-state index contributed by atoms with van der Waals surface area (Å²) in [6, 6.07) is 27.6. The van der Waals surface area contributed by atoms with Crippen LogP contribution in [0.5, 0.6) is 51.7 Å². The van der Waals surface area contributed by atoms with Gasteiger partial charge >= 0.3 is 0 Å². The maximum atomic E-state index is 12.0. The van der Waals surface area contributed by atoms with Gasteiger partial charge in [-0.3, -0.25) is 14.4 Å². The molecule has 0 unspecified atom stereocenters. The van der Waals surface area contributed by atoms with Gasteiger partial charge in [-0.15, -0.1) is 0 Å². The Morgan fingerprint density at radius 1 is 0.408 bits per heavy atom. The molecule has 9 rings (SSSR count). The predicted octanol–water partition coefficient (Wildman–Crippen LogP) is 12.0. The predicted molar refractivity (Wildman–Crippen MR) is 295 cm³/mol. The monoisotopic (exact) mass is 1030 g/mol. The zero-order valence-corrected chi connectivity index (χ0v) is 41.6. The van der Waals surface area contributed by atoms with Crippen molar-refractivity contribution in [2.75, 3.05) is 0 Å². The van der Waals surface area contributed by atoms with Gasteiger partial charge in [-0.2, -0.15) is 0 Å². The highest BCUT2D eigenvalue weighted by Crippen LogP contribution is 2.38. The van der Waals surface area contributed by atoms with Crippen LogP contribution in [-0.4, -0.2) is 78.3 Å². The highest BCUT2D eigenvalue weighted by atomic mass is 16.3. The molecule has 9 aromatic rings. The Labute approximate surface area is 437 Å². The van der Waals surface area contributed by atoms with Gasteiger partial charge in [0.1, 0.15) is 34.5 Å². The largest absolute Gasteiger partial charge is 0.508 e. The van der Waals surface area contributed by atoms with E-state index < -0.39 is 17.2 Å². The summed E-state index contributed by atoms with van der Waals surface area (Å²) < 4.78 is 0. The van der Waals surface area contributed by atoms with E-state index >= 15 is 0 Å². The molecule has 3 heterocycles. The third-order valence-corrected chi connectivity index (χ3v) is 12.6. The first-order chi connectivity index (χ1) is 36.5. The number of aromatic nitrogens is 3. The fraction of sp³-hybridized carbons (Fsp3) is 0.164. The molecule has 76 heavy (non-hydrogen) atoms. The number of carbonyl (C=O) groups is 3. The van der Waals surface area contributed by atoms with Crippen molar-refractivity contribution in [3.05, 3.63) is 179 Å². The van der Waals surface area contributed by atoms with Gasteiger partial charge in [0.15, 0.2) is 28.8 Å². The van der Waals surface area contributed by atoms with Crippen LogP contribution >= 0.6 is 0 Å². The van der Waals surface area contributed by atoms with Crippen LogP contribution in [0.4, 0.5) is 0 Å². The molecule has 0 aliphatic heterocycles. The lowest BCUT2D eigenvalue weighted by Crippen LogP contribution is -1.94. The molecule has 15 nitrogen and oxygen atoms in total. The first-order valence-electron chi connectivity index (χ1n) is 24.6. The molecule has 0 aliphatic rings. The average molecular weight is 1030 g/mol. The first kappa shape index (κ1) is 54.2. The number of carbonyl (C=O) groups excluding carboxylic acids is 3. The molecule has 15 heteroatoms. The number of allylic oxidation sites excluding steroid dienone is 3. The maximum absolute atomic E-state index is 12.0. The van der Waals surface area contributed by atoms with Crippen molar-refractivity contribution >= 4 is 68.3 Å². The Morgan fingerprint density at radius 3 is 1.26 bits per heavy atom. The van der Waals surface area contributed by atoms with Crippen molar-refractivity contribution in [3.63, 3.8) is 0 Å². The van der Waals surface area contributed by atoms with Crippen molar-refractivity contribution in [1.82, 2.24) is 15.0 Å². The van der Waals surface area contributed by atoms with E-state index in [0.29, 0.717) is 44.1 Å². The number of hydrogen-bond acceptors (Lipinski definition) is 12. The van der Waals surface area contributed by atoms with Crippen molar-refractivity contribution < 1.29 is 60.3 Å². The number of nitrogens with one attached hydrogen (secondary N) is 3. The number of fused-ring (bicyclic) bond motifs is 3. The van der Waals surface area contributed by atoms with Crippen LogP contribution in [0.1, 0.15) is 77.5 Å². The Hall–Kier alpha value is -9.63. The van der Waals surface area contributed by atoms with Crippen LogP contribution in [-0.2, 0) is 33.6 Å². The number of phenolic OH excluding ortho intramolecular Hbond substituents is 9. The zero-order valence-electron chi connectivity index (χ0n) is 41.6. The topological polar surface area (TPSA) is 281 Å². The molecule has 390 valence electrons. The van der Waals surface area contributed by atoms with Crippen LogP contribution in [0.25, 0.3) is 50.9 Å². The molecule has 0 aliphatic carbocycles. The number of hydrogen-bond donors (Lipinski definition) is 12. The second-order valence-electron chi connectivity index (χ2n) is 18.3. The fourth-order valence-corrected chi connectivity index (χ4v) is 8.46. The Balaban J connectivity index is 0.000000166. The Bertz CT molecular complexity index is 3610. The van der Waals surface area contributed by atoms with E-state index in [1.165, 1.54) is 54.6 Å². The van der Waals surface area contributed by atoms with Crippen molar-refractivity contribution in [3.8, 4) is 51.7 Å². The lowest BCUT2D eigenvalue weighted by Gasteiger charge is -2.03. The number of aromatic amines is 3. The smallest absolute Gasteiger partial charge is 0.200 e. The molecular weight excluding hydrogens is 967 g/mol. The summed E-state index contributed by atoms with van der Waals surface area (Å²) in [4.78, 5) is 45.5. The van der Waals surface area contributed by atoms with Gasteiger partial charge in [-0.05, 0) is 201 Å². The van der Waals surface area contributed by atoms with Crippen molar-refractivity contribution in [1.29, 1.82) is 0 Å². The highest BCUT2D eigenvalue weighted by Gasteiger charge is 2.12. The minimum absolute atomic E-state index is 0.0143. The van der Waals surface area contributed by atoms with Gasteiger partial charge in [-0.1, -0.05) is 12.1 Å². The van der Waals surface area contributed by atoms with E-state index in [1.807, 2.05) is 49.8 Å². The minimum Gasteiger partial charge on any atom is -0.508 e. The number of aromatic hydroxyl groups is 9. The molecule has 12 N–H and O–H groups in total. The fourth-order valence-electron chi connectivity index (χ4n) is 8.46. The van der Waals surface area contributed by atoms with E-state index in [0.717, 1.165) is 79.8 Å². The van der Waals surface area contributed by atoms with E-state index in [4.69, 9.17) is 0 Å². The first-order valence-corrected chi connectivity index (χ1v) is 24.6. The molecule has 0 fully saturated rings. The van der Waals surface area contributed by atoms with Crippen LogP contribution < -0.4 is 0 Å². The van der Waals surface area contributed by atoms with E-state index in [-0.39, 0.29) is 57.4 Å². The normalized spacial score (nSPS) is 11.4. The molecule has 3 aromatic heterocycles. The maximum Gasteiger partial charge on any atom is 0.200 e. The van der Waals surface area contributed by atoms with Gasteiger partial charge in [0.25, 0.3) is 0 Å². The lowest BCUT2D eigenvalue weighted by molar-refractivity contribution is -0.115. The third kappa shape index (κ3) is 14.8. The summed E-state index contributed by atoms with van der Waals surface area (Å²) in [5, 5.41) is 88.8. The summed E-state index contributed by atoms with van der Waals surface area (Å²) in [6.45, 7) is 1.83. The summed E-state index contributed by atoms with van der Waals surface area (Å²) in [6.07, 6.45) is 20.2. The SMILES string of the molecule is Cc1cc(/C=C/C(=O)CCCc2c[nH]c3ccc(O)cc23)ccc1O.O=C(/C=C/c1cc(O)ccc1O)CCCc1c[nH]c2ccc(O)cc12.O=C(/C=C/c1ccc(O)c(O)c1O)CCCc1c[nH]c2ccc(O)cc12. The molecule has 0 spiro atoms. The van der Waals surface area contributed by atoms with E-state index in [2.05, 4.69) is 15.0 Å². The summed E-state index contributed by atoms with van der Waals surface area (Å²) in [5.41, 5.74) is 8.43. The second kappa shape index (κ2) is 25.3. The Kier molecular flexibility index (Phi) is 18.1. The summed E-state index contributed by atoms with van der Waals surface area (Å²) in [7, 11) is 0. The van der Waals surface area contributed by atoms with Crippen molar-refractivity contribution in [2.45, 2.75) is 64.7 Å². The van der Waals surface area contributed by atoms with Gasteiger partial charge in [-0.25, -0.2) is 0 Å². The molecule has 6 aromatic carbocycles. The average Bonchev–Trinajstić information content (AvgIpc) is 4.12. The molecule has 0 radical (unpaired) electrons.